The van der Waals surface area contributed by atoms with Crippen molar-refractivity contribution in [2.24, 2.45) is 5.92 Å². The Labute approximate surface area is 110 Å². The van der Waals surface area contributed by atoms with Gasteiger partial charge in [-0.3, -0.25) is 9.59 Å². The van der Waals surface area contributed by atoms with Crippen LogP contribution in [0.5, 0.6) is 0 Å². The number of hydrogen-bond donors (Lipinski definition) is 2. The maximum absolute atomic E-state index is 11.8. The van der Waals surface area contributed by atoms with Crippen molar-refractivity contribution in [1.29, 1.82) is 0 Å². The molecule has 2 unspecified atom stereocenters. The Morgan fingerprint density at radius 2 is 2.21 bits per heavy atom. The Morgan fingerprint density at radius 3 is 2.79 bits per heavy atom. The highest BCUT2D eigenvalue weighted by Crippen LogP contribution is 2.32. The van der Waals surface area contributed by atoms with Crippen molar-refractivity contribution in [1.82, 2.24) is 10.2 Å². The minimum Gasteiger partial charge on any atom is -0.467 e. The van der Waals surface area contributed by atoms with Crippen LogP contribution in [0.1, 0.15) is 19.3 Å². The summed E-state index contributed by atoms with van der Waals surface area (Å²) in [5, 5.41) is 11.8. The maximum atomic E-state index is 11.8. The summed E-state index contributed by atoms with van der Waals surface area (Å²) in [5.41, 5.74) is 0. The summed E-state index contributed by atoms with van der Waals surface area (Å²) in [4.78, 5) is 36.2. The smallest absolute Gasteiger partial charge is 0.336 e. The average Bonchev–Trinajstić information content (AvgIpc) is 3.17. The first kappa shape index (κ1) is 13.8. The van der Waals surface area contributed by atoms with Gasteiger partial charge in [0.25, 0.3) is 0 Å². The molecule has 0 aromatic heterocycles. The van der Waals surface area contributed by atoms with Gasteiger partial charge in [0.05, 0.1) is 19.6 Å². The second-order valence-electron chi connectivity index (χ2n) is 4.96. The summed E-state index contributed by atoms with van der Waals surface area (Å²) in [6, 6.07) is 0.311. The number of carbonyl (C=O) groups excluding carboxylic acids is 3. The van der Waals surface area contributed by atoms with E-state index >= 15 is 0 Å². The largest absolute Gasteiger partial charge is 0.467 e. The van der Waals surface area contributed by atoms with Crippen LogP contribution in [0.2, 0.25) is 0 Å². The molecule has 2 atom stereocenters. The van der Waals surface area contributed by atoms with Gasteiger partial charge in [-0.15, -0.1) is 0 Å². The van der Waals surface area contributed by atoms with E-state index in [-0.39, 0.29) is 24.8 Å². The molecule has 2 amide bonds. The number of hydrogen-bond acceptors (Lipinski definition) is 5. The number of aliphatic hydroxyl groups is 1. The lowest BCUT2D eigenvalue weighted by molar-refractivity contribution is -0.150. The van der Waals surface area contributed by atoms with Gasteiger partial charge in [-0.25, -0.2) is 4.79 Å². The first-order valence-electron chi connectivity index (χ1n) is 6.36. The van der Waals surface area contributed by atoms with Crippen molar-refractivity contribution in [3.63, 3.8) is 0 Å². The van der Waals surface area contributed by atoms with Crippen LogP contribution in [0, 0.1) is 5.92 Å². The number of likely N-dealkylation sites (tertiary alicyclic amines) is 1. The van der Waals surface area contributed by atoms with E-state index in [1.165, 1.54) is 0 Å². The van der Waals surface area contributed by atoms with Gasteiger partial charge in [0.15, 0.2) is 6.10 Å². The van der Waals surface area contributed by atoms with E-state index in [9.17, 15) is 19.5 Å². The topological polar surface area (TPSA) is 95.9 Å². The van der Waals surface area contributed by atoms with Crippen LogP contribution in [-0.2, 0) is 19.1 Å². The molecule has 2 rings (SSSR count). The number of amides is 2. The van der Waals surface area contributed by atoms with E-state index in [2.05, 4.69) is 10.1 Å². The number of rotatable bonds is 5. The monoisotopic (exact) mass is 270 g/mol. The van der Waals surface area contributed by atoms with Gasteiger partial charge in [-0.05, 0) is 12.8 Å². The number of ether oxygens (including phenoxy) is 1. The first-order chi connectivity index (χ1) is 9.02. The zero-order chi connectivity index (χ0) is 14.0. The summed E-state index contributed by atoms with van der Waals surface area (Å²) in [6.07, 6.45) is 0.865. The highest BCUT2D eigenvalue weighted by molar-refractivity contribution is 5.89. The second-order valence-corrected chi connectivity index (χ2v) is 4.96. The molecule has 2 aliphatic rings. The summed E-state index contributed by atoms with van der Waals surface area (Å²) >= 11 is 0. The SMILES string of the molecule is COC(=O)C(O)CNC(=O)C1CC(=O)N(C2CC2)C1. The third kappa shape index (κ3) is 3.23. The minimum atomic E-state index is -1.37. The van der Waals surface area contributed by atoms with E-state index in [1.807, 2.05) is 0 Å². The predicted molar refractivity (Wildman–Crippen MR) is 63.9 cm³/mol. The first-order valence-corrected chi connectivity index (χ1v) is 6.36. The van der Waals surface area contributed by atoms with Crippen molar-refractivity contribution in [2.45, 2.75) is 31.4 Å². The number of carbonyl (C=O) groups is 3. The molecule has 0 aromatic rings. The Balaban J connectivity index is 1.78. The molecule has 2 N–H and O–H groups in total. The molecule has 1 heterocycles. The molecule has 7 heteroatoms. The summed E-state index contributed by atoms with van der Waals surface area (Å²) in [6.45, 7) is 0.239. The summed E-state index contributed by atoms with van der Waals surface area (Å²) in [7, 11) is 1.16. The Bertz CT molecular complexity index is 394. The molecular formula is C12H18N2O5. The molecule has 1 aliphatic heterocycles. The minimum absolute atomic E-state index is 0.0103. The average molecular weight is 270 g/mol. The molecule has 1 aliphatic carbocycles. The Kier molecular flexibility index (Phi) is 4.04. The molecule has 7 nitrogen and oxygen atoms in total. The lowest BCUT2D eigenvalue weighted by Gasteiger charge is -2.16. The van der Waals surface area contributed by atoms with Gasteiger partial charge in [0.1, 0.15) is 0 Å². The molecule has 1 saturated carbocycles. The van der Waals surface area contributed by atoms with Crippen LogP contribution in [0.25, 0.3) is 0 Å². The van der Waals surface area contributed by atoms with Gasteiger partial charge in [0, 0.05) is 19.0 Å². The van der Waals surface area contributed by atoms with E-state index in [1.54, 1.807) is 4.90 Å². The molecule has 106 valence electrons. The molecule has 0 aromatic carbocycles. The lowest BCUT2D eigenvalue weighted by atomic mass is 10.1. The van der Waals surface area contributed by atoms with E-state index in [0.717, 1.165) is 20.0 Å². The zero-order valence-electron chi connectivity index (χ0n) is 10.8. The van der Waals surface area contributed by atoms with Crippen LogP contribution in [0.4, 0.5) is 0 Å². The zero-order valence-corrected chi connectivity index (χ0v) is 10.8. The third-order valence-electron chi connectivity index (χ3n) is 3.46. The predicted octanol–water partition coefficient (Wildman–Crippen LogP) is -1.35. The number of aliphatic hydroxyl groups excluding tert-OH is 1. The fourth-order valence-corrected chi connectivity index (χ4v) is 2.21. The molecule has 0 bridgehead atoms. The quantitative estimate of drug-likeness (QED) is 0.602. The molecular weight excluding hydrogens is 252 g/mol. The standard InChI is InChI=1S/C12H18N2O5/c1-19-12(18)9(15)5-13-11(17)7-4-10(16)14(6-7)8-2-3-8/h7-9,15H,2-6H2,1H3,(H,13,17). The number of esters is 1. The molecule has 19 heavy (non-hydrogen) atoms. The molecule has 1 saturated heterocycles. The fourth-order valence-electron chi connectivity index (χ4n) is 2.21. The Hall–Kier alpha value is -1.63. The number of nitrogens with one attached hydrogen (secondary N) is 1. The van der Waals surface area contributed by atoms with Crippen molar-refractivity contribution < 1.29 is 24.2 Å². The second kappa shape index (κ2) is 5.56. The fraction of sp³-hybridized carbons (Fsp3) is 0.750. The third-order valence-corrected chi connectivity index (χ3v) is 3.46. The van der Waals surface area contributed by atoms with Gasteiger partial charge < -0.3 is 20.1 Å². The van der Waals surface area contributed by atoms with E-state index in [0.29, 0.717) is 12.6 Å². The van der Waals surface area contributed by atoms with Crippen molar-refractivity contribution in [3.05, 3.63) is 0 Å². The maximum Gasteiger partial charge on any atom is 0.336 e. The number of nitrogens with zero attached hydrogens (tertiary/aromatic N) is 1. The van der Waals surface area contributed by atoms with E-state index < -0.39 is 18.0 Å². The van der Waals surface area contributed by atoms with Crippen molar-refractivity contribution >= 4 is 17.8 Å². The van der Waals surface area contributed by atoms with Crippen molar-refractivity contribution in [3.8, 4) is 0 Å². The highest BCUT2D eigenvalue weighted by atomic mass is 16.5. The normalized spacial score (nSPS) is 24.2. The van der Waals surface area contributed by atoms with Gasteiger partial charge in [0.2, 0.25) is 11.8 Å². The van der Waals surface area contributed by atoms with E-state index in [4.69, 9.17) is 0 Å². The van der Waals surface area contributed by atoms with Gasteiger partial charge >= 0.3 is 5.97 Å². The summed E-state index contributed by atoms with van der Waals surface area (Å²) in [5.74, 6) is -1.48. The molecule has 2 fully saturated rings. The highest BCUT2D eigenvalue weighted by Gasteiger charge is 2.41. The van der Waals surface area contributed by atoms with Crippen LogP contribution < -0.4 is 5.32 Å². The van der Waals surface area contributed by atoms with Crippen molar-refractivity contribution in [2.75, 3.05) is 20.2 Å². The van der Waals surface area contributed by atoms with Crippen LogP contribution >= 0.6 is 0 Å². The van der Waals surface area contributed by atoms with Crippen LogP contribution in [-0.4, -0.2) is 60.1 Å². The number of methoxy groups -OCH3 is 1. The van der Waals surface area contributed by atoms with Crippen LogP contribution in [0.3, 0.4) is 0 Å². The van der Waals surface area contributed by atoms with Gasteiger partial charge in [-0.2, -0.15) is 0 Å². The molecule has 0 radical (unpaired) electrons. The molecule has 0 spiro atoms. The van der Waals surface area contributed by atoms with Gasteiger partial charge in [-0.1, -0.05) is 0 Å². The Morgan fingerprint density at radius 1 is 1.53 bits per heavy atom. The van der Waals surface area contributed by atoms with Crippen LogP contribution in [0.15, 0.2) is 0 Å². The lowest BCUT2D eigenvalue weighted by Crippen LogP contribution is -2.40. The summed E-state index contributed by atoms with van der Waals surface area (Å²) < 4.78 is 4.34.